The van der Waals surface area contributed by atoms with Crippen molar-refractivity contribution in [3.05, 3.63) is 39.3 Å². The Hall–Kier alpha value is -0.870. The first-order chi connectivity index (χ1) is 10.2. The third kappa shape index (κ3) is 5.10. The van der Waals surface area contributed by atoms with Gasteiger partial charge in [-0.1, -0.05) is 42.8 Å². The van der Waals surface area contributed by atoms with Crippen molar-refractivity contribution >= 4 is 38.6 Å². The van der Waals surface area contributed by atoms with Gasteiger partial charge in [-0.25, -0.2) is 0 Å². The number of hydrogen-bond acceptors (Lipinski definition) is 3. The zero-order valence-electron chi connectivity index (χ0n) is 14.2. The fourth-order valence-corrected chi connectivity index (χ4v) is 3.57. The number of Topliss-reactive ketones (excluding diaryl/α,β-unsaturated/α-hetero) is 1. The van der Waals surface area contributed by atoms with Crippen molar-refractivity contribution in [2.75, 3.05) is 6.61 Å². The lowest BCUT2D eigenvalue weighted by atomic mass is 9.91. The summed E-state index contributed by atoms with van der Waals surface area (Å²) in [6.07, 6.45) is 3.86. The molecule has 0 atom stereocenters. The Kier molecular flexibility index (Phi) is 7.07. The molecule has 0 aromatic carbocycles. The highest BCUT2D eigenvalue weighted by Gasteiger charge is 2.22. The van der Waals surface area contributed by atoms with E-state index < -0.39 is 0 Å². The van der Waals surface area contributed by atoms with Gasteiger partial charge in [-0.2, -0.15) is 0 Å². The van der Waals surface area contributed by atoms with Gasteiger partial charge in [0.2, 0.25) is 0 Å². The molecule has 0 radical (unpaired) electrons. The van der Waals surface area contributed by atoms with E-state index in [2.05, 4.69) is 28.9 Å². The Morgan fingerprint density at radius 1 is 1.41 bits per heavy atom. The number of thiophene rings is 1. The Morgan fingerprint density at radius 3 is 2.50 bits per heavy atom. The molecule has 2 nitrogen and oxygen atoms in total. The lowest BCUT2D eigenvalue weighted by Crippen LogP contribution is -2.24. The predicted octanol–water partition coefficient (Wildman–Crippen LogP) is 5.89. The quantitative estimate of drug-likeness (QED) is 0.347. The van der Waals surface area contributed by atoms with Crippen LogP contribution in [0.3, 0.4) is 0 Å². The molecular formula is C18H25BrO2S. The van der Waals surface area contributed by atoms with E-state index in [9.17, 15) is 4.79 Å². The highest BCUT2D eigenvalue weighted by molar-refractivity contribution is 9.08. The number of halogens is 1. The van der Waals surface area contributed by atoms with E-state index in [1.54, 1.807) is 11.3 Å². The van der Waals surface area contributed by atoms with Gasteiger partial charge in [-0.15, -0.1) is 11.3 Å². The van der Waals surface area contributed by atoms with Gasteiger partial charge < -0.3 is 4.74 Å². The van der Waals surface area contributed by atoms with Gasteiger partial charge in [0, 0.05) is 26.1 Å². The molecule has 0 aliphatic heterocycles. The summed E-state index contributed by atoms with van der Waals surface area (Å²) in [6.45, 7) is 12.0. The Morgan fingerprint density at radius 2 is 2.05 bits per heavy atom. The topological polar surface area (TPSA) is 26.3 Å². The first-order valence-corrected chi connectivity index (χ1v) is 9.29. The van der Waals surface area contributed by atoms with Gasteiger partial charge in [0.05, 0.1) is 0 Å². The number of ketones is 1. The molecule has 1 aromatic heterocycles. The van der Waals surface area contributed by atoms with Gasteiger partial charge in [0.1, 0.15) is 12.4 Å². The van der Waals surface area contributed by atoms with Crippen molar-refractivity contribution in [3.63, 3.8) is 0 Å². The van der Waals surface area contributed by atoms with E-state index in [4.69, 9.17) is 4.74 Å². The molecule has 0 spiro atoms. The number of hydrogen-bond donors (Lipinski definition) is 0. The van der Waals surface area contributed by atoms with E-state index in [1.165, 1.54) is 15.3 Å². The number of rotatable bonds is 6. The van der Waals surface area contributed by atoms with Crippen LogP contribution in [-0.2, 0) is 14.9 Å². The third-order valence-electron chi connectivity index (χ3n) is 3.39. The Balaban J connectivity index is 3.03. The highest BCUT2D eigenvalue weighted by atomic mass is 79.9. The molecule has 0 unspecified atom stereocenters. The normalized spacial score (nSPS) is 13.4. The highest BCUT2D eigenvalue weighted by Crippen LogP contribution is 2.31. The summed E-state index contributed by atoms with van der Waals surface area (Å²) in [5.74, 6) is 0.869. The smallest absolute Gasteiger partial charge is 0.175 e. The minimum Gasteiger partial charge on any atom is -0.486 e. The molecule has 0 fully saturated rings. The van der Waals surface area contributed by atoms with E-state index in [1.807, 2.05) is 46.8 Å². The summed E-state index contributed by atoms with van der Waals surface area (Å²) in [4.78, 5) is 14.6. The molecule has 0 aliphatic carbocycles. The lowest BCUT2D eigenvalue weighted by Gasteiger charge is -2.18. The average Bonchev–Trinajstić information content (AvgIpc) is 2.82. The van der Waals surface area contributed by atoms with Crippen LogP contribution in [0.15, 0.2) is 24.0 Å². The van der Waals surface area contributed by atoms with Gasteiger partial charge >= 0.3 is 0 Å². The first kappa shape index (κ1) is 19.2. The van der Waals surface area contributed by atoms with Crippen molar-refractivity contribution < 1.29 is 9.53 Å². The van der Waals surface area contributed by atoms with Crippen LogP contribution in [0.25, 0.3) is 5.57 Å². The van der Waals surface area contributed by atoms with Crippen molar-refractivity contribution in [3.8, 4) is 0 Å². The molecule has 122 valence electrons. The third-order valence-corrected chi connectivity index (χ3v) is 5.68. The zero-order valence-corrected chi connectivity index (χ0v) is 16.7. The molecule has 0 aliphatic rings. The molecule has 1 aromatic rings. The maximum absolute atomic E-state index is 12.1. The van der Waals surface area contributed by atoms with Crippen LogP contribution in [0.5, 0.6) is 0 Å². The van der Waals surface area contributed by atoms with E-state index in [-0.39, 0.29) is 17.8 Å². The van der Waals surface area contributed by atoms with Crippen molar-refractivity contribution in [2.24, 2.45) is 5.41 Å². The van der Waals surface area contributed by atoms with Crippen LogP contribution in [0.4, 0.5) is 0 Å². The maximum atomic E-state index is 12.1. The monoisotopic (exact) mass is 384 g/mol. The molecule has 0 saturated carbocycles. The molecule has 0 amide bonds. The summed E-state index contributed by atoms with van der Waals surface area (Å²) in [7, 11) is 0. The molecular weight excluding hydrogens is 360 g/mol. The van der Waals surface area contributed by atoms with Crippen LogP contribution < -0.4 is 0 Å². The average molecular weight is 385 g/mol. The molecule has 22 heavy (non-hydrogen) atoms. The maximum Gasteiger partial charge on any atom is 0.175 e. The fraction of sp³-hybridized carbons (Fsp3) is 0.500. The standard InChI is InChI=1S/C18H25BrO2S/c1-7-8-14(21-11-17(20)18(4,5)6)13(3)15-9-12(2)16(10-19)22-15/h7-9H,10-11H2,1-6H3/b8-7-,14-13+. The predicted molar refractivity (Wildman–Crippen MR) is 99.5 cm³/mol. The lowest BCUT2D eigenvalue weighted by molar-refractivity contribution is -0.129. The van der Waals surface area contributed by atoms with Crippen LogP contribution in [-0.4, -0.2) is 12.4 Å². The van der Waals surface area contributed by atoms with Crippen molar-refractivity contribution in [1.82, 2.24) is 0 Å². The minimum atomic E-state index is -0.377. The Labute approximate surface area is 146 Å². The first-order valence-electron chi connectivity index (χ1n) is 7.36. The second kappa shape index (κ2) is 8.11. The van der Waals surface area contributed by atoms with Gasteiger partial charge in [-0.05, 0) is 38.5 Å². The number of alkyl halides is 1. The Bertz CT molecular complexity index is 589. The van der Waals surface area contributed by atoms with Crippen LogP contribution >= 0.6 is 27.3 Å². The number of carbonyl (C=O) groups is 1. The molecule has 1 heterocycles. The van der Waals surface area contributed by atoms with E-state index in [0.717, 1.165) is 16.7 Å². The summed E-state index contributed by atoms with van der Waals surface area (Å²) >= 11 is 5.27. The summed E-state index contributed by atoms with van der Waals surface area (Å²) in [5, 5.41) is 0.860. The summed E-state index contributed by atoms with van der Waals surface area (Å²) in [6, 6.07) is 2.18. The van der Waals surface area contributed by atoms with Crippen LogP contribution in [0.2, 0.25) is 0 Å². The van der Waals surface area contributed by atoms with Gasteiger partial charge in [0.25, 0.3) is 0 Å². The van der Waals surface area contributed by atoms with E-state index in [0.29, 0.717) is 0 Å². The molecule has 0 saturated heterocycles. The van der Waals surface area contributed by atoms with Crippen molar-refractivity contribution in [1.29, 1.82) is 0 Å². The number of carbonyl (C=O) groups excluding carboxylic acids is 1. The number of ether oxygens (including phenoxy) is 1. The molecule has 4 heteroatoms. The largest absolute Gasteiger partial charge is 0.486 e. The molecule has 0 bridgehead atoms. The fourth-order valence-electron chi connectivity index (χ4n) is 1.75. The molecule has 1 rings (SSSR count). The van der Waals surface area contributed by atoms with Gasteiger partial charge in [0.15, 0.2) is 5.78 Å². The number of aryl methyl sites for hydroxylation is 1. The minimum absolute atomic E-state index is 0.103. The van der Waals surface area contributed by atoms with Crippen LogP contribution in [0, 0.1) is 12.3 Å². The summed E-state index contributed by atoms with van der Waals surface area (Å²) in [5.41, 5.74) is 1.97. The SMILES string of the molecule is C/C=C\C(OCC(=O)C(C)(C)C)=C(\C)c1cc(C)c(CBr)s1. The van der Waals surface area contributed by atoms with Crippen molar-refractivity contribution in [2.45, 2.75) is 46.9 Å². The zero-order chi connectivity index (χ0) is 16.9. The molecule has 0 N–H and O–H groups in total. The second-order valence-corrected chi connectivity index (χ2v) is 8.00. The van der Waals surface area contributed by atoms with E-state index >= 15 is 0 Å². The summed E-state index contributed by atoms with van der Waals surface area (Å²) < 4.78 is 5.81. The number of allylic oxidation sites excluding steroid dienone is 3. The second-order valence-electron chi connectivity index (χ2n) is 6.30. The van der Waals surface area contributed by atoms with Gasteiger partial charge in [-0.3, -0.25) is 4.79 Å². The van der Waals surface area contributed by atoms with Crippen LogP contribution in [0.1, 0.15) is 49.9 Å².